The molecule has 114 valence electrons. The standard InChI is InChI=1S/C15H20N2O4/c1-11(18)16-9-13(17-4-6-19-7-5-17)12-2-3-14-15(8-12)21-10-20-14/h2-3,8,13H,4-7,9-10H2,1H3,(H,16,18)/t13-/m0/s1. The molecule has 1 N–H and O–H groups in total. The molecule has 1 aromatic carbocycles. The average Bonchev–Trinajstić information content (AvgIpc) is 2.96. The molecule has 0 aromatic heterocycles. The molecule has 0 spiro atoms. The van der Waals surface area contributed by atoms with Crippen LogP contribution in [0.5, 0.6) is 11.5 Å². The maximum absolute atomic E-state index is 11.3. The van der Waals surface area contributed by atoms with Crippen LogP contribution >= 0.6 is 0 Å². The molecule has 2 aliphatic rings. The first-order chi connectivity index (χ1) is 10.2. The van der Waals surface area contributed by atoms with Crippen molar-refractivity contribution in [3.05, 3.63) is 23.8 Å². The van der Waals surface area contributed by atoms with E-state index in [2.05, 4.69) is 10.2 Å². The van der Waals surface area contributed by atoms with Gasteiger partial charge in [0.1, 0.15) is 0 Å². The number of carbonyl (C=O) groups is 1. The van der Waals surface area contributed by atoms with Gasteiger partial charge in [0.05, 0.1) is 19.3 Å². The van der Waals surface area contributed by atoms with E-state index in [-0.39, 0.29) is 18.7 Å². The molecule has 1 aromatic rings. The summed E-state index contributed by atoms with van der Waals surface area (Å²) in [6.07, 6.45) is 0. The highest BCUT2D eigenvalue weighted by atomic mass is 16.7. The van der Waals surface area contributed by atoms with Crippen LogP contribution in [0.2, 0.25) is 0 Å². The van der Waals surface area contributed by atoms with Gasteiger partial charge in [-0.15, -0.1) is 0 Å². The number of nitrogens with zero attached hydrogens (tertiary/aromatic N) is 1. The zero-order chi connectivity index (χ0) is 14.7. The minimum absolute atomic E-state index is 0.0194. The van der Waals surface area contributed by atoms with Gasteiger partial charge >= 0.3 is 0 Å². The largest absolute Gasteiger partial charge is 0.454 e. The Hall–Kier alpha value is -1.79. The topological polar surface area (TPSA) is 60.0 Å². The Morgan fingerprint density at radius 1 is 1.29 bits per heavy atom. The molecule has 3 rings (SSSR count). The molecule has 1 saturated heterocycles. The van der Waals surface area contributed by atoms with Crippen molar-refractivity contribution in [2.45, 2.75) is 13.0 Å². The number of carbonyl (C=O) groups excluding carboxylic acids is 1. The normalized spacial score (nSPS) is 19.3. The van der Waals surface area contributed by atoms with Crippen molar-refractivity contribution in [1.29, 1.82) is 0 Å². The lowest BCUT2D eigenvalue weighted by Gasteiger charge is -2.34. The highest BCUT2D eigenvalue weighted by Crippen LogP contribution is 2.35. The predicted molar refractivity (Wildman–Crippen MR) is 76.4 cm³/mol. The maximum Gasteiger partial charge on any atom is 0.231 e. The Bertz CT molecular complexity index is 514. The van der Waals surface area contributed by atoms with E-state index in [1.165, 1.54) is 6.92 Å². The van der Waals surface area contributed by atoms with Gasteiger partial charge in [-0.2, -0.15) is 0 Å². The number of benzene rings is 1. The molecular formula is C15H20N2O4. The van der Waals surface area contributed by atoms with E-state index in [1.54, 1.807) is 0 Å². The van der Waals surface area contributed by atoms with Gasteiger partial charge in [-0.05, 0) is 17.7 Å². The van der Waals surface area contributed by atoms with Crippen LogP contribution in [0.4, 0.5) is 0 Å². The molecule has 1 fully saturated rings. The molecule has 1 atom stereocenters. The Morgan fingerprint density at radius 3 is 2.81 bits per heavy atom. The van der Waals surface area contributed by atoms with Gasteiger partial charge in [0.2, 0.25) is 12.7 Å². The first-order valence-electron chi connectivity index (χ1n) is 7.20. The van der Waals surface area contributed by atoms with Crippen molar-refractivity contribution in [3.8, 4) is 11.5 Å². The van der Waals surface area contributed by atoms with Crippen LogP contribution in [0.1, 0.15) is 18.5 Å². The van der Waals surface area contributed by atoms with Crippen LogP contribution in [0.3, 0.4) is 0 Å². The Labute approximate surface area is 124 Å². The number of ether oxygens (including phenoxy) is 3. The number of amides is 1. The Balaban J connectivity index is 1.81. The van der Waals surface area contributed by atoms with Crippen molar-refractivity contribution in [1.82, 2.24) is 10.2 Å². The van der Waals surface area contributed by atoms with E-state index in [4.69, 9.17) is 14.2 Å². The van der Waals surface area contributed by atoms with E-state index < -0.39 is 0 Å². The molecule has 6 heteroatoms. The first-order valence-corrected chi connectivity index (χ1v) is 7.20. The summed E-state index contributed by atoms with van der Waals surface area (Å²) in [5.74, 6) is 1.53. The van der Waals surface area contributed by atoms with Crippen LogP contribution in [-0.2, 0) is 9.53 Å². The monoisotopic (exact) mass is 292 g/mol. The summed E-state index contributed by atoms with van der Waals surface area (Å²) in [6, 6.07) is 6.09. The molecular weight excluding hydrogens is 272 g/mol. The predicted octanol–water partition coefficient (Wildman–Crippen LogP) is 0.925. The van der Waals surface area contributed by atoms with Gasteiger partial charge in [-0.1, -0.05) is 6.07 Å². The zero-order valence-electron chi connectivity index (χ0n) is 12.1. The SMILES string of the molecule is CC(=O)NC[C@@H](c1ccc2c(c1)OCO2)N1CCOCC1. The molecule has 0 saturated carbocycles. The lowest BCUT2D eigenvalue weighted by molar-refractivity contribution is -0.119. The van der Waals surface area contributed by atoms with E-state index in [9.17, 15) is 4.79 Å². The van der Waals surface area contributed by atoms with Gasteiger partial charge in [0.15, 0.2) is 11.5 Å². The molecule has 0 aliphatic carbocycles. The molecule has 2 heterocycles. The van der Waals surface area contributed by atoms with Gasteiger partial charge in [0, 0.05) is 26.6 Å². The van der Waals surface area contributed by atoms with Gasteiger partial charge in [0.25, 0.3) is 0 Å². The fourth-order valence-corrected chi connectivity index (χ4v) is 2.71. The highest BCUT2D eigenvalue weighted by Gasteiger charge is 2.25. The number of fused-ring (bicyclic) bond motifs is 1. The maximum atomic E-state index is 11.3. The van der Waals surface area contributed by atoms with Gasteiger partial charge in [-0.3, -0.25) is 9.69 Å². The van der Waals surface area contributed by atoms with Crippen LogP contribution < -0.4 is 14.8 Å². The van der Waals surface area contributed by atoms with Crippen molar-refractivity contribution < 1.29 is 19.0 Å². The molecule has 0 radical (unpaired) electrons. The molecule has 0 unspecified atom stereocenters. The lowest BCUT2D eigenvalue weighted by atomic mass is 10.0. The summed E-state index contributed by atoms with van der Waals surface area (Å²) in [4.78, 5) is 13.6. The summed E-state index contributed by atoms with van der Waals surface area (Å²) in [5.41, 5.74) is 1.12. The van der Waals surface area contributed by atoms with Crippen molar-refractivity contribution in [3.63, 3.8) is 0 Å². The number of morpholine rings is 1. The minimum atomic E-state index is -0.0194. The van der Waals surface area contributed by atoms with Crippen molar-refractivity contribution in [2.75, 3.05) is 39.6 Å². The molecule has 0 bridgehead atoms. The van der Waals surface area contributed by atoms with Crippen molar-refractivity contribution >= 4 is 5.91 Å². The lowest BCUT2D eigenvalue weighted by Crippen LogP contribution is -2.43. The van der Waals surface area contributed by atoms with E-state index in [0.29, 0.717) is 6.54 Å². The fraction of sp³-hybridized carbons (Fsp3) is 0.533. The fourth-order valence-electron chi connectivity index (χ4n) is 2.71. The first kappa shape index (κ1) is 14.2. The van der Waals surface area contributed by atoms with Crippen LogP contribution in [-0.4, -0.2) is 50.4 Å². The number of hydrogen-bond acceptors (Lipinski definition) is 5. The smallest absolute Gasteiger partial charge is 0.231 e. The Morgan fingerprint density at radius 2 is 2.05 bits per heavy atom. The van der Waals surface area contributed by atoms with Crippen LogP contribution in [0.25, 0.3) is 0 Å². The van der Waals surface area contributed by atoms with Crippen LogP contribution in [0.15, 0.2) is 18.2 Å². The number of rotatable bonds is 4. The molecule has 1 amide bonds. The minimum Gasteiger partial charge on any atom is -0.454 e. The third kappa shape index (κ3) is 3.28. The summed E-state index contributed by atoms with van der Waals surface area (Å²) in [6.45, 7) is 5.55. The summed E-state index contributed by atoms with van der Waals surface area (Å²) in [7, 11) is 0. The Kier molecular flexibility index (Phi) is 4.26. The van der Waals surface area contributed by atoms with Crippen molar-refractivity contribution in [2.24, 2.45) is 0 Å². The summed E-state index contributed by atoms with van der Waals surface area (Å²) >= 11 is 0. The second kappa shape index (κ2) is 6.32. The molecule has 6 nitrogen and oxygen atoms in total. The average molecular weight is 292 g/mol. The van der Waals surface area contributed by atoms with E-state index in [0.717, 1.165) is 43.4 Å². The zero-order valence-corrected chi connectivity index (χ0v) is 12.1. The van der Waals surface area contributed by atoms with E-state index in [1.807, 2.05) is 18.2 Å². The molecule has 21 heavy (non-hydrogen) atoms. The third-order valence-corrected chi connectivity index (χ3v) is 3.81. The second-order valence-corrected chi connectivity index (χ2v) is 5.21. The quantitative estimate of drug-likeness (QED) is 0.894. The van der Waals surface area contributed by atoms with Gasteiger partial charge < -0.3 is 19.5 Å². The van der Waals surface area contributed by atoms with Crippen LogP contribution in [0, 0.1) is 0 Å². The van der Waals surface area contributed by atoms with Gasteiger partial charge in [-0.25, -0.2) is 0 Å². The molecule has 2 aliphatic heterocycles. The summed E-state index contributed by atoms with van der Waals surface area (Å²) in [5, 5.41) is 2.92. The third-order valence-electron chi connectivity index (χ3n) is 3.81. The number of hydrogen-bond donors (Lipinski definition) is 1. The van der Waals surface area contributed by atoms with E-state index >= 15 is 0 Å². The number of nitrogens with one attached hydrogen (secondary N) is 1. The second-order valence-electron chi connectivity index (χ2n) is 5.21. The summed E-state index contributed by atoms with van der Waals surface area (Å²) < 4.78 is 16.2. The highest BCUT2D eigenvalue weighted by molar-refractivity contribution is 5.72.